The van der Waals surface area contributed by atoms with E-state index in [1.807, 2.05) is 6.92 Å². The summed E-state index contributed by atoms with van der Waals surface area (Å²) in [7, 11) is 1.08. The molecule has 1 saturated heterocycles. The van der Waals surface area contributed by atoms with Crippen LogP contribution in [0.25, 0.3) is 0 Å². The second kappa shape index (κ2) is 6.47. The maximum Gasteiger partial charge on any atom is 0.327 e. The first-order valence-corrected chi connectivity index (χ1v) is 7.44. The van der Waals surface area contributed by atoms with Gasteiger partial charge in [-0.15, -0.1) is 0 Å². The standard InChI is InChI=1S/C11H22N2O3S/c1-4-16-10(14)11(2,12-3)9-13-5-7-17(15)8-6-13/h12H,4-9H2,1-3H3. The van der Waals surface area contributed by atoms with E-state index in [0.717, 1.165) is 13.1 Å². The molecule has 0 aliphatic carbocycles. The molecular weight excluding hydrogens is 240 g/mol. The van der Waals surface area contributed by atoms with Gasteiger partial charge in [0.25, 0.3) is 0 Å². The highest BCUT2D eigenvalue weighted by molar-refractivity contribution is 7.85. The molecule has 0 aromatic rings. The molecule has 1 N–H and O–H groups in total. The smallest absolute Gasteiger partial charge is 0.327 e. The van der Waals surface area contributed by atoms with Crippen molar-refractivity contribution >= 4 is 16.8 Å². The van der Waals surface area contributed by atoms with Gasteiger partial charge in [0.15, 0.2) is 0 Å². The lowest BCUT2D eigenvalue weighted by atomic mass is 10.0. The normalized spacial score (nSPS) is 22.1. The van der Waals surface area contributed by atoms with E-state index in [-0.39, 0.29) is 5.97 Å². The fourth-order valence-electron chi connectivity index (χ4n) is 1.82. The van der Waals surface area contributed by atoms with Crippen molar-refractivity contribution in [3.05, 3.63) is 0 Å². The van der Waals surface area contributed by atoms with Crippen LogP contribution in [0.1, 0.15) is 13.8 Å². The minimum atomic E-state index is -0.686. The fourth-order valence-corrected chi connectivity index (χ4v) is 2.94. The van der Waals surface area contributed by atoms with Crippen molar-refractivity contribution in [2.24, 2.45) is 0 Å². The van der Waals surface area contributed by atoms with Crippen LogP contribution >= 0.6 is 0 Å². The lowest BCUT2D eigenvalue weighted by Crippen LogP contribution is -2.58. The Labute approximate surface area is 105 Å². The zero-order chi connectivity index (χ0) is 12.9. The van der Waals surface area contributed by atoms with Crippen molar-refractivity contribution in [2.45, 2.75) is 19.4 Å². The Morgan fingerprint density at radius 3 is 2.53 bits per heavy atom. The van der Waals surface area contributed by atoms with Crippen LogP contribution in [0, 0.1) is 0 Å². The molecule has 100 valence electrons. The molecule has 0 bridgehead atoms. The molecule has 1 aliphatic rings. The molecule has 1 heterocycles. The lowest BCUT2D eigenvalue weighted by molar-refractivity contribution is -0.151. The van der Waals surface area contributed by atoms with Gasteiger partial charge in [0.1, 0.15) is 5.54 Å². The molecule has 0 amide bonds. The third-order valence-electron chi connectivity index (χ3n) is 3.09. The van der Waals surface area contributed by atoms with E-state index in [4.69, 9.17) is 4.74 Å². The number of nitrogens with zero attached hydrogens (tertiary/aromatic N) is 1. The molecule has 0 spiro atoms. The van der Waals surface area contributed by atoms with Gasteiger partial charge < -0.3 is 10.1 Å². The molecule has 1 aliphatic heterocycles. The van der Waals surface area contributed by atoms with E-state index in [2.05, 4.69) is 10.2 Å². The van der Waals surface area contributed by atoms with Gasteiger partial charge in [0.2, 0.25) is 0 Å². The quantitative estimate of drug-likeness (QED) is 0.683. The van der Waals surface area contributed by atoms with Crippen molar-refractivity contribution in [3.63, 3.8) is 0 Å². The zero-order valence-electron chi connectivity index (χ0n) is 10.8. The Morgan fingerprint density at radius 1 is 1.47 bits per heavy atom. The summed E-state index contributed by atoms with van der Waals surface area (Å²) >= 11 is 0. The molecule has 1 unspecified atom stereocenters. The van der Waals surface area contributed by atoms with Gasteiger partial charge in [-0.05, 0) is 20.9 Å². The summed E-state index contributed by atoms with van der Waals surface area (Å²) < 4.78 is 16.3. The monoisotopic (exact) mass is 262 g/mol. The molecule has 0 saturated carbocycles. The van der Waals surface area contributed by atoms with Gasteiger partial charge in [0, 0.05) is 41.9 Å². The second-order valence-corrected chi connectivity index (χ2v) is 6.12. The molecule has 1 fully saturated rings. The van der Waals surface area contributed by atoms with Crippen LogP contribution in [0.5, 0.6) is 0 Å². The molecule has 17 heavy (non-hydrogen) atoms. The first-order chi connectivity index (χ1) is 8.01. The van der Waals surface area contributed by atoms with Crippen molar-refractivity contribution in [2.75, 3.05) is 44.8 Å². The Bertz CT molecular complexity index is 288. The van der Waals surface area contributed by atoms with E-state index >= 15 is 0 Å². The summed E-state index contributed by atoms with van der Waals surface area (Å²) in [6, 6.07) is 0. The predicted molar refractivity (Wildman–Crippen MR) is 68.4 cm³/mol. The third-order valence-corrected chi connectivity index (χ3v) is 4.36. The van der Waals surface area contributed by atoms with Crippen molar-refractivity contribution in [3.8, 4) is 0 Å². The third kappa shape index (κ3) is 4.04. The first kappa shape index (κ1) is 14.6. The average molecular weight is 262 g/mol. The van der Waals surface area contributed by atoms with Crippen LogP contribution in [-0.2, 0) is 20.3 Å². The van der Waals surface area contributed by atoms with E-state index in [1.165, 1.54) is 0 Å². The number of hydrogen-bond donors (Lipinski definition) is 1. The summed E-state index contributed by atoms with van der Waals surface area (Å²) in [5.41, 5.74) is -0.686. The molecule has 0 aromatic carbocycles. The summed E-state index contributed by atoms with van der Waals surface area (Å²) in [5.74, 6) is 1.17. The van der Waals surface area contributed by atoms with Crippen LogP contribution in [0.3, 0.4) is 0 Å². The Hall–Kier alpha value is -0.460. The maximum atomic E-state index is 11.9. The zero-order valence-corrected chi connectivity index (χ0v) is 11.6. The molecule has 0 radical (unpaired) electrons. The number of hydrogen-bond acceptors (Lipinski definition) is 5. The number of ether oxygens (including phenoxy) is 1. The van der Waals surface area contributed by atoms with Crippen molar-refractivity contribution in [1.82, 2.24) is 10.2 Å². The molecule has 1 atom stereocenters. The van der Waals surface area contributed by atoms with Crippen LogP contribution in [-0.4, -0.2) is 65.4 Å². The highest BCUT2D eigenvalue weighted by Gasteiger charge is 2.35. The number of likely N-dealkylation sites (N-methyl/N-ethyl adjacent to an activating group) is 1. The highest BCUT2D eigenvalue weighted by Crippen LogP contribution is 2.11. The summed E-state index contributed by atoms with van der Waals surface area (Å²) in [5, 5.41) is 3.03. The minimum Gasteiger partial charge on any atom is -0.465 e. The number of carbonyl (C=O) groups is 1. The van der Waals surface area contributed by atoms with Crippen molar-refractivity contribution in [1.29, 1.82) is 0 Å². The minimum absolute atomic E-state index is 0.228. The van der Waals surface area contributed by atoms with Gasteiger partial charge in [-0.2, -0.15) is 0 Å². The Morgan fingerprint density at radius 2 is 2.06 bits per heavy atom. The maximum absolute atomic E-state index is 11.9. The SMILES string of the molecule is CCOC(=O)C(C)(CN1CCS(=O)CC1)NC. The van der Waals surface area contributed by atoms with E-state index in [9.17, 15) is 9.00 Å². The van der Waals surface area contributed by atoms with Gasteiger partial charge in [0.05, 0.1) is 6.61 Å². The fraction of sp³-hybridized carbons (Fsp3) is 0.909. The Kier molecular flexibility index (Phi) is 5.55. The molecule has 6 heteroatoms. The number of esters is 1. The van der Waals surface area contributed by atoms with Gasteiger partial charge in [-0.1, -0.05) is 0 Å². The van der Waals surface area contributed by atoms with Gasteiger partial charge >= 0.3 is 5.97 Å². The van der Waals surface area contributed by atoms with Crippen LogP contribution in [0.15, 0.2) is 0 Å². The lowest BCUT2D eigenvalue weighted by Gasteiger charge is -2.35. The topological polar surface area (TPSA) is 58.6 Å². The van der Waals surface area contributed by atoms with Gasteiger partial charge in [-0.25, -0.2) is 0 Å². The van der Waals surface area contributed by atoms with E-state index < -0.39 is 16.3 Å². The average Bonchev–Trinajstić information content (AvgIpc) is 2.32. The highest BCUT2D eigenvalue weighted by atomic mass is 32.2. The van der Waals surface area contributed by atoms with Crippen LogP contribution in [0.4, 0.5) is 0 Å². The van der Waals surface area contributed by atoms with Crippen LogP contribution < -0.4 is 5.32 Å². The summed E-state index contributed by atoms with van der Waals surface area (Å²) in [4.78, 5) is 14.0. The van der Waals surface area contributed by atoms with Crippen molar-refractivity contribution < 1.29 is 13.7 Å². The molecular formula is C11H22N2O3S. The number of nitrogens with one attached hydrogen (secondary N) is 1. The molecule has 0 aromatic heterocycles. The van der Waals surface area contributed by atoms with E-state index in [0.29, 0.717) is 24.7 Å². The number of carbonyl (C=O) groups excluding carboxylic acids is 1. The predicted octanol–water partition coefficient (Wildman–Crippen LogP) is -0.408. The van der Waals surface area contributed by atoms with Gasteiger partial charge in [-0.3, -0.25) is 13.9 Å². The van der Waals surface area contributed by atoms with Crippen LogP contribution in [0.2, 0.25) is 0 Å². The van der Waals surface area contributed by atoms with E-state index in [1.54, 1.807) is 14.0 Å². The largest absolute Gasteiger partial charge is 0.465 e. The summed E-state index contributed by atoms with van der Waals surface area (Å²) in [6.07, 6.45) is 0. The molecule has 5 nitrogen and oxygen atoms in total. The Balaban J connectivity index is 2.56. The summed E-state index contributed by atoms with van der Waals surface area (Å²) in [6.45, 7) is 6.20. The first-order valence-electron chi connectivity index (χ1n) is 5.95. The molecule has 1 rings (SSSR count). The number of rotatable bonds is 5. The second-order valence-electron chi connectivity index (χ2n) is 4.43.